The van der Waals surface area contributed by atoms with E-state index in [1.165, 1.54) is 4.31 Å². The van der Waals surface area contributed by atoms with Crippen LogP contribution in [0.5, 0.6) is 5.75 Å². The van der Waals surface area contributed by atoms with Gasteiger partial charge in [-0.3, -0.25) is 4.79 Å². The standard InChI is InChI=1S/C21H27N3O4S/c1-2-28-19-10-6-17(7-11-19)22-16-21(25)23-18-8-12-20(13-9-18)29(26,27)24-14-4-3-5-15-24/h6-13,22H,2-5,14-16H2,1H3,(H,23,25). The van der Waals surface area contributed by atoms with Crippen LogP contribution in [0.2, 0.25) is 0 Å². The van der Waals surface area contributed by atoms with Crippen LogP contribution in [0, 0.1) is 0 Å². The molecule has 1 fully saturated rings. The molecule has 0 atom stereocenters. The lowest BCUT2D eigenvalue weighted by Crippen LogP contribution is -2.35. The number of carbonyl (C=O) groups is 1. The zero-order valence-electron chi connectivity index (χ0n) is 16.6. The third-order valence-corrected chi connectivity index (χ3v) is 6.62. The lowest BCUT2D eigenvalue weighted by atomic mass is 10.2. The molecule has 1 aliphatic heterocycles. The van der Waals surface area contributed by atoms with Crippen molar-refractivity contribution in [2.75, 3.05) is 36.9 Å². The molecule has 29 heavy (non-hydrogen) atoms. The van der Waals surface area contributed by atoms with Gasteiger partial charge in [0.05, 0.1) is 18.0 Å². The fourth-order valence-electron chi connectivity index (χ4n) is 3.19. The van der Waals surface area contributed by atoms with Gasteiger partial charge in [-0.05, 0) is 68.3 Å². The quantitative estimate of drug-likeness (QED) is 0.688. The number of rotatable bonds is 8. The Bertz CT molecular complexity index is 906. The van der Waals surface area contributed by atoms with E-state index in [2.05, 4.69) is 10.6 Å². The first-order valence-electron chi connectivity index (χ1n) is 9.86. The van der Waals surface area contributed by atoms with Crippen molar-refractivity contribution in [3.05, 3.63) is 48.5 Å². The van der Waals surface area contributed by atoms with Crippen molar-refractivity contribution < 1.29 is 17.9 Å². The molecule has 1 heterocycles. The van der Waals surface area contributed by atoms with Gasteiger partial charge in [-0.25, -0.2) is 8.42 Å². The smallest absolute Gasteiger partial charge is 0.243 e. The van der Waals surface area contributed by atoms with Crippen LogP contribution in [0.3, 0.4) is 0 Å². The number of ether oxygens (including phenoxy) is 1. The molecular weight excluding hydrogens is 390 g/mol. The molecule has 0 radical (unpaired) electrons. The number of amides is 1. The minimum atomic E-state index is -3.46. The third kappa shape index (κ3) is 5.71. The van der Waals surface area contributed by atoms with Crippen molar-refractivity contribution in [2.45, 2.75) is 31.1 Å². The number of nitrogens with zero attached hydrogens (tertiary/aromatic N) is 1. The number of piperidine rings is 1. The summed E-state index contributed by atoms with van der Waals surface area (Å²) in [6.45, 7) is 3.76. The zero-order chi connectivity index (χ0) is 20.7. The number of hydrogen-bond donors (Lipinski definition) is 2. The second-order valence-corrected chi connectivity index (χ2v) is 8.79. The third-order valence-electron chi connectivity index (χ3n) is 4.71. The predicted molar refractivity (Wildman–Crippen MR) is 114 cm³/mol. The topological polar surface area (TPSA) is 87.7 Å². The summed E-state index contributed by atoms with van der Waals surface area (Å²) in [6, 6.07) is 13.7. The molecule has 0 spiro atoms. The molecule has 8 heteroatoms. The maximum atomic E-state index is 12.7. The van der Waals surface area contributed by atoms with E-state index in [0.717, 1.165) is 30.7 Å². The molecule has 1 aliphatic rings. The number of nitrogens with one attached hydrogen (secondary N) is 2. The van der Waals surface area contributed by atoms with Gasteiger partial charge in [-0.1, -0.05) is 6.42 Å². The first-order valence-corrected chi connectivity index (χ1v) is 11.3. The Morgan fingerprint density at radius 3 is 2.21 bits per heavy atom. The summed E-state index contributed by atoms with van der Waals surface area (Å²) in [5.41, 5.74) is 1.37. The van der Waals surface area contributed by atoms with Gasteiger partial charge in [0.2, 0.25) is 15.9 Å². The molecule has 7 nitrogen and oxygen atoms in total. The molecular formula is C21H27N3O4S. The molecule has 1 amide bonds. The Morgan fingerprint density at radius 1 is 0.966 bits per heavy atom. The normalized spacial score (nSPS) is 14.9. The summed E-state index contributed by atoms with van der Waals surface area (Å²) in [6.07, 6.45) is 2.87. The van der Waals surface area contributed by atoms with Gasteiger partial charge in [0, 0.05) is 24.5 Å². The van der Waals surface area contributed by atoms with Crippen molar-refractivity contribution in [1.82, 2.24) is 4.31 Å². The van der Waals surface area contributed by atoms with Crippen molar-refractivity contribution in [3.8, 4) is 5.75 Å². The van der Waals surface area contributed by atoms with E-state index >= 15 is 0 Å². The van der Waals surface area contributed by atoms with E-state index in [1.54, 1.807) is 24.3 Å². The average Bonchev–Trinajstić information content (AvgIpc) is 2.74. The highest BCUT2D eigenvalue weighted by Gasteiger charge is 2.25. The maximum Gasteiger partial charge on any atom is 0.243 e. The van der Waals surface area contributed by atoms with E-state index in [-0.39, 0.29) is 17.3 Å². The van der Waals surface area contributed by atoms with Gasteiger partial charge in [-0.2, -0.15) is 4.31 Å². The van der Waals surface area contributed by atoms with Crippen molar-refractivity contribution in [1.29, 1.82) is 0 Å². The summed E-state index contributed by atoms with van der Waals surface area (Å²) >= 11 is 0. The Morgan fingerprint density at radius 2 is 1.59 bits per heavy atom. The van der Waals surface area contributed by atoms with Gasteiger partial charge >= 0.3 is 0 Å². The van der Waals surface area contributed by atoms with Crippen LogP contribution in [0.4, 0.5) is 11.4 Å². The summed E-state index contributed by atoms with van der Waals surface area (Å²) in [5.74, 6) is 0.563. The van der Waals surface area contributed by atoms with E-state index in [4.69, 9.17) is 4.74 Å². The van der Waals surface area contributed by atoms with Gasteiger partial charge in [-0.15, -0.1) is 0 Å². The molecule has 2 N–H and O–H groups in total. The maximum absolute atomic E-state index is 12.7. The number of anilines is 2. The summed E-state index contributed by atoms with van der Waals surface area (Å²) in [4.78, 5) is 12.4. The second kappa shape index (κ2) is 9.76. The van der Waals surface area contributed by atoms with Gasteiger partial charge in [0.15, 0.2) is 0 Å². The Balaban J connectivity index is 1.53. The minimum Gasteiger partial charge on any atom is -0.494 e. The van der Waals surface area contributed by atoms with Crippen molar-refractivity contribution in [2.24, 2.45) is 0 Å². The van der Waals surface area contributed by atoms with Gasteiger partial charge < -0.3 is 15.4 Å². The number of hydrogen-bond acceptors (Lipinski definition) is 5. The average molecular weight is 418 g/mol. The van der Waals surface area contributed by atoms with Crippen LogP contribution in [0.15, 0.2) is 53.4 Å². The number of carbonyl (C=O) groups excluding carboxylic acids is 1. The van der Waals surface area contributed by atoms with E-state index in [1.807, 2.05) is 31.2 Å². The van der Waals surface area contributed by atoms with Gasteiger partial charge in [0.25, 0.3) is 0 Å². The Hall–Kier alpha value is -2.58. The molecule has 156 valence electrons. The first-order chi connectivity index (χ1) is 14.0. The predicted octanol–water partition coefficient (Wildman–Crippen LogP) is 3.31. The first kappa shape index (κ1) is 21.1. The molecule has 0 bridgehead atoms. The highest BCUT2D eigenvalue weighted by Crippen LogP contribution is 2.22. The summed E-state index contributed by atoms with van der Waals surface area (Å²) in [5, 5.41) is 5.81. The van der Waals surface area contributed by atoms with E-state index in [9.17, 15) is 13.2 Å². The van der Waals surface area contributed by atoms with E-state index < -0.39 is 10.0 Å². The van der Waals surface area contributed by atoms with Crippen LogP contribution in [-0.2, 0) is 14.8 Å². The number of benzene rings is 2. The highest BCUT2D eigenvalue weighted by molar-refractivity contribution is 7.89. The molecule has 0 saturated carbocycles. The lowest BCUT2D eigenvalue weighted by molar-refractivity contribution is -0.114. The molecule has 0 aliphatic carbocycles. The lowest BCUT2D eigenvalue weighted by Gasteiger charge is -2.25. The molecule has 2 aromatic carbocycles. The summed E-state index contributed by atoms with van der Waals surface area (Å²) < 4.78 is 32.2. The molecule has 1 saturated heterocycles. The second-order valence-electron chi connectivity index (χ2n) is 6.85. The fraction of sp³-hybridized carbons (Fsp3) is 0.381. The van der Waals surface area contributed by atoms with Crippen LogP contribution in [0.1, 0.15) is 26.2 Å². The van der Waals surface area contributed by atoms with E-state index in [0.29, 0.717) is 25.4 Å². The van der Waals surface area contributed by atoms with Crippen LogP contribution in [-0.4, -0.2) is 44.9 Å². The zero-order valence-corrected chi connectivity index (χ0v) is 17.4. The molecule has 2 aromatic rings. The van der Waals surface area contributed by atoms with Crippen LogP contribution in [0.25, 0.3) is 0 Å². The SMILES string of the molecule is CCOc1ccc(NCC(=O)Nc2ccc(S(=O)(=O)N3CCCCC3)cc2)cc1. The fourth-order valence-corrected chi connectivity index (χ4v) is 4.70. The van der Waals surface area contributed by atoms with Crippen molar-refractivity contribution in [3.63, 3.8) is 0 Å². The monoisotopic (exact) mass is 417 g/mol. The van der Waals surface area contributed by atoms with Crippen LogP contribution < -0.4 is 15.4 Å². The highest BCUT2D eigenvalue weighted by atomic mass is 32.2. The number of sulfonamides is 1. The van der Waals surface area contributed by atoms with Gasteiger partial charge in [0.1, 0.15) is 5.75 Å². The molecule has 0 unspecified atom stereocenters. The largest absolute Gasteiger partial charge is 0.494 e. The van der Waals surface area contributed by atoms with Crippen LogP contribution >= 0.6 is 0 Å². The minimum absolute atomic E-state index is 0.0990. The summed E-state index contributed by atoms with van der Waals surface area (Å²) in [7, 11) is -3.46. The molecule has 3 rings (SSSR count). The van der Waals surface area contributed by atoms with Crippen molar-refractivity contribution >= 4 is 27.3 Å². The Labute approximate surface area is 172 Å². The Kier molecular flexibility index (Phi) is 7.11. The molecule has 0 aromatic heterocycles.